The van der Waals surface area contributed by atoms with Crippen molar-refractivity contribution in [3.8, 4) is 22.6 Å². The fourth-order valence-electron chi connectivity index (χ4n) is 3.10. The lowest BCUT2D eigenvalue weighted by Gasteiger charge is -2.13. The van der Waals surface area contributed by atoms with Crippen LogP contribution in [0.4, 0.5) is 0 Å². The zero-order valence-corrected chi connectivity index (χ0v) is 17.7. The van der Waals surface area contributed by atoms with E-state index >= 15 is 0 Å². The Labute approximate surface area is 184 Å². The summed E-state index contributed by atoms with van der Waals surface area (Å²) in [5.41, 5.74) is 4.16. The van der Waals surface area contributed by atoms with Crippen molar-refractivity contribution in [1.82, 2.24) is 0 Å². The second-order valence-corrected chi connectivity index (χ2v) is 7.52. The average molecular weight is 447 g/mol. The third-order valence-corrected chi connectivity index (χ3v) is 5.14. The fourth-order valence-corrected chi connectivity index (χ4v) is 3.70. The summed E-state index contributed by atoms with van der Waals surface area (Å²) in [6.45, 7) is 0.00523. The number of aromatic hydroxyl groups is 1. The van der Waals surface area contributed by atoms with Gasteiger partial charge in [-0.3, -0.25) is 0 Å². The number of phenols is 1. The van der Waals surface area contributed by atoms with E-state index in [0.717, 1.165) is 16.7 Å². The number of phenolic OH excluding ortho intramolecular Hbond substituents is 1. The molecule has 0 atom stereocenters. The van der Waals surface area contributed by atoms with Crippen molar-refractivity contribution < 1.29 is 24.5 Å². The van der Waals surface area contributed by atoms with Crippen LogP contribution in [0.1, 0.15) is 16.7 Å². The fraction of sp³-hybridized carbons (Fsp3) is 0.174. The van der Waals surface area contributed by atoms with Gasteiger partial charge in [-0.25, -0.2) is 4.79 Å². The third kappa shape index (κ3) is 5.45. The number of ether oxygens (including phenoxy) is 2. The van der Waals surface area contributed by atoms with Crippen LogP contribution in [0.25, 0.3) is 11.1 Å². The first-order valence-corrected chi connectivity index (χ1v) is 9.85. The molecule has 0 aromatic heterocycles. The highest BCUT2D eigenvalue weighted by molar-refractivity contribution is 6.36. The van der Waals surface area contributed by atoms with Gasteiger partial charge in [0.05, 0.1) is 6.61 Å². The smallest absolute Gasteiger partial charge is 0.341 e. The minimum atomic E-state index is -1.09. The first kappa shape index (κ1) is 22.0. The summed E-state index contributed by atoms with van der Waals surface area (Å²) in [6.07, 6.45) is 0.432. The van der Waals surface area contributed by atoms with Gasteiger partial charge in [0.2, 0.25) is 0 Å². The highest BCUT2D eigenvalue weighted by atomic mass is 35.5. The van der Waals surface area contributed by atoms with Gasteiger partial charge >= 0.3 is 5.97 Å². The van der Waals surface area contributed by atoms with Gasteiger partial charge in [-0.05, 0) is 52.6 Å². The van der Waals surface area contributed by atoms with Gasteiger partial charge < -0.3 is 19.7 Å². The Morgan fingerprint density at radius 3 is 2.40 bits per heavy atom. The van der Waals surface area contributed by atoms with Gasteiger partial charge in [0.15, 0.2) is 6.61 Å². The topological polar surface area (TPSA) is 76.0 Å². The molecular formula is C23H20Cl2O5. The average Bonchev–Trinajstić information content (AvgIpc) is 2.71. The first-order valence-electron chi connectivity index (χ1n) is 9.10. The highest BCUT2D eigenvalue weighted by Crippen LogP contribution is 2.35. The minimum absolute atomic E-state index is 0.169. The summed E-state index contributed by atoms with van der Waals surface area (Å²) in [7, 11) is 1.64. The molecule has 0 spiro atoms. The lowest BCUT2D eigenvalue weighted by atomic mass is 9.97. The first-order chi connectivity index (χ1) is 14.4. The molecule has 156 valence electrons. The van der Waals surface area contributed by atoms with E-state index in [2.05, 4.69) is 0 Å². The van der Waals surface area contributed by atoms with E-state index in [1.165, 1.54) is 0 Å². The second-order valence-electron chi connectivity index (χ2n) is 6.71. The lowest BCUT2D eigenvalue weighted by molar-refractivity contribution is -0.139. The maximum Gasteiger partial charge on any atom is 0.341 e. The van der Waals surface area contributed by atoms with Gasteiger partial charge in [-0.15, -0.1) is 0 Å². The molecular weight excluding hydrogens is 427 g/mol. The predicted molar refractivity (Wildman–Crippen MR) is 117 cm³/mol. The van der Waals surface area contributed by atoms with Crippen molar-refractivity contribution >= 4 is 29.2 Å². The summed E-state index contributed by atoms with van der Waals surface area (Å²) in [5.74, 6) is -0.627. The van der Waals surface area contributed by atoms with Crippen molar-refractivity contribution in [3.05, 3.63) is 81.3 Å². The number of halogens is 2. The van der Waals surface area contributed by atoms with Gasteiger partial charge in [0.25, 0.3) is 0 Å². The quantitative estimate of drug-likeness (QED) is 0.473. The molecule has 0 aliphatic heterocycles. The molecule has 0 aliphatic rings. The SMILES string of the molecule is COCc1cccc(-c2cc(Cc3c(Cl)cc(OCC(=O)O)cc3Cl)ccc2O)c1. The maximum atomic E-state index is 10.7. The molecule has 0 radical (unpaired) electrons. The number of hydrogen-bond donors (Lipinski definition) is 2. The summed E-state index contributed by atoms with van der Waals surface area (Å²) in [4.78, 5) is 10.7. The molecule has 3 rings (SSSR count). The number of carboxylic acid groups (broad SMARTS) is 1. The molecule has 0 aliphatic carbocycles. The number of rotatable bonds is 8. The van der Waals surface area contributed by atoms with Crippen molar-refractivity contribution in [2.24, 2.45) is 0 Å². The normalized spacial score (nSPS) is 10.8. The molecule has 3 aromatic rings. The van der Waals surface area contributed by atoms with E-state index in [9.17, 15) is 9.90 Å². The van der Waals surface area contributed by atoms with E-state index in [4.69, 9.17) is 37.8 Å². The minimum Gasteiger partial charge on any atom is -0.507 e. The van der Waals surface area contributed by atoms with Gasteiger partial charge in [-0.2, -0.15) is 0 Å². The molecule has 0 unspecified atom stereocenters. The Bertz CT molecular complexity index is 1040. The van der Waals surface area contributed by atoms with Crippen LogP contribution in [0.2, 0.25) is 10.0 Å². The molecule has 3 aromatic carbocycles. The Balaban J connectivity index is 1.89. The number of carboxylic acids is 1. The van der Waals surface area contributed by atoms with Crippen LogP contribution in [-0.4, -0.2) is 29.9 Å². The molecule has 0 saturated carbocycles. The molecule has 0 bridgehead atoms. The van der Waals surface area contributed by atoms with E-state index < -0.39 is 12.6 Å². The van der Waals surface area contributed by atoms with E-state index in [0.29, 0.717) is 34.2 Å². The Morgan fingerprint density at radius 1 is 1.00 bits per heavy atom. The number of aliphatic carboxylic acids is 1. The van der Waals surface area contributed by atoms with Crippen molar-refractivity contribution in [2.45, 2.75) is 13.0 Å². The molecule has 5 nitrogen and oxygen atoms in total. The van der Waals surface area contributed by atoms with Crippen LogP contribution in [0.3, 0.4) is 0 Å². The van der Waals surface area contributed by atoms with Crippen molar-refractivity contribution in [2.75, 3.05) is 13.7 Å². The third-order valence-electron chi connectivity index (χ3n) is 4.47. The van der Waals surface area contributed by atoms with Crippen molar-refractivity contribution in [3.63, 3.8) is 0 Å². The summed E-state index contributed by atoms with van der Waals surface area (Å²) in [6, 6.07) is 16.2. The van der Waals surface area contributed by atoms with Crippen LogP contribution in [0, 0.1) is 0 Å². The number of carbonyl (C=O) groups is 1. The Morgan fingerprint density at radius 2 is 1.73 bits per heavy atom. The molecule has 0 amide bonds. The van der Waals surface area contributed by atoms with Gasteiger partial charge in [-0.1, -0.05) is 47.5 Å². The molecule has 2 N–H and O–H groups in total. The summed E-state index contributed by atoms with van der Waals surface area (Å²) < 4.78 is 10.3. The number of hydrogen-bond acceptors (Lipinski definition) is 4. The van der Waals surface area contributed by atoms with E-state index in [1.54, 1.807) is 31.4 Å². The van der Waals surface area contributed by atoms with Crippen LogP contribution >= 0.6 is 23.2 Å². The van der Waals surface area contributed by atoms with Gasteiger partial charge in [0.1, 0.15) is 11.5 Å². The number of methoxy groups -OCH3 is 1. The van der Waals surface area contributed by atoms with Crippen LogP contribution in [0.15, 0.2) is 54.6 Å². The zero-order chi connectivity index (χ0) is 21.7. The highest BCUT2D eigenvalue weighted by Gasteiger charge is 2.13. The van der Waals surface area contributed by atoms with Crippen LogP contribution in [0.5, 0.6) is 11.5 Å². The zero-order valence-electron chi connectivity index (χ0n) is 16.2. The lowest BCUT2D eigenvalue weighted by Crippen LogP contribution is -2.09. The van der Waals surface area contributed by atoms with E-state index in [1.807, 2.05) is 30.3 Å². The van der Waals surface area contributed by atoms with Crippen molar-refractivity contribution in [1.29, 1.82) is 0 Å². The Hall–Kier alpha value is -2.73. The van der Waals surface area contributed by atoms with Gasteiger partial charge in [0, 0.05) is 29.1 Å². The summed E-state index contributed by atoms with van der Waals surface area (Å²) in [5, 5.41) is 19.9. The maximum absolute atomic E-state index is 10.7. The standard InChI is InChI=1S/C23H20Cl2O5/c1-29-12-15-3-2-4-16(7-15)18-8-14(5-6-22(18)26)9-19-20(24)10-17(11-21(19)25)30-13-23(27)28/h2-8,10-11,26H,9,12-13H2,1H3,(H,27,28). The second kappa shape index (κ2) is 9.85. The molecule has 30 heavy (non-hydrogen) atoms. The Kier molecular flexibility index (Phi) is 7.21. The molecule has 0 heterocycles. The molecule has 0 fully saturated rings. The summed E-state index contributed by atoms with van der Waals surface area (Å²) >= 11 is 12.7. The monoisotopic (exact) mass is 446 g/mol. The van der Waals surface area contributed by atoms with Crippen LogP contribution < -0.4 is 4.74 Å². The number of benzene rings is 3. The molecule has 7 heteroatoms. The largest absolute Gasteiger partial charge is 0.507 e. The molecule has 0 saturated heterocycles. The predicted octanol–water partition coefficient (Wildman–Crippen LogP) is 5.57. The van der Waals surface area contributed by atoms with E-state index in [-0.39, 0.29) is 11.5 Å². The van der Waals surface area contributed by atoms with Crippen LogP contribution in [-0.2, 0) is 22.6 Å².